The molecule has 0 aromatic heterocycles. The van der Waals surface area contributed by atoms with Gasteiger partial charge in [0.15, 0.2) is 0 Å². The summed E-state index contributed by atoms with van der Waals surface area (Å²) < 4.78 is 27.8. The first-order chi connectivity index (χ1) is 62.9. The molecule has 0 bridgehead atoms. The molecule has 16 aliphatic carbocycles. The summed E-state index contributed by atoms with van der Waals surface area (Å²) in [6.45, 7) is 52.1. The van der Waals surface area contributed by atoms with E-state index in [1.807, 2.05) is 19.6 Å². The number of fused-ring (bicyclic) bond motifs is 20. The van der Waals surface area contributed by atoms with Gasteiger partial charge in [0, 0.05) is 78.0 Å². The minimum absolute atomic E-state index is 0.0900. The SMILES string of the molecule is CC(C)CCC[C@@H](C)[C@H]1CC[C@H]2[C@@H]3CC=C4C[C@@H](OC(=O)N5CCN(C(=O)O[C@H]6CC[C@@]7(C)C(=CC[C@H]8[C@@H]9CC[C@H]([C@H](C)CCCC(C)C)[C@@]9(C)CC[C@@H]87)C6)CCN(C(=O)O[C@H]6CC[C@@]7(C)C(=CC[C@H]8[C@@H]9CC[C@H]([C@H](C)CCCC(C)C)[C@@]9(C)CC[C@@H]87)C6)CCN(C(=O)O[C@H]6CC[C@@]7(C)C(=CC[C@H]8[C@@H]9CC[C@H]([C@H](C)CCCC(C)C)[C@@]9(C)CC[C@@H]87)C6)CC5)CC[C@]4(C)[C@H]3CC[C@]12C. The molecule has 0 aromatic carbocycles. The third-order valence-electron chi connectivity index (χ3n) is 45.7. The fourth-order valence-electron chi connectivity index (χ4n) is 38.0. The van der Waals surface area contributed by atoms with Gasteiger partial charge in [0.1, 0.15) is 24.4 Å². The number of ether oxygens (including phenoxy) is 4. The van der Waals surface area contributed by atoms with E-state index in [-0.39, 0.29) is 123 Å². The van der Waals surface area contributed by atoms with Crippen molar-refractivity contribution in [3.05, 3.63) is 46.6 Å². The van der Waals surface area contributed by atoms with Crippen LogP contribution in [-0.2, 0) is 18.9 Å². The van der Waals surface area contributed by atoms with E-state index in [1.165, 1.54) is 202 Å². The summed E-state index contributed by atoms with van der Waals surface area (Å²) in [5.41, 5.74) is 8.02. The number of carbonyl (C=O) groups is 4. The first-order valence-corrected chi connectivity index (χ1v) is 57.5. The van der Waals surface area contributed by atoms with E-state index in [0.29, 0.717) is 69.0 Å². The Bertz CT molecular complexity index is 3590. The number of hydrogen-bond acceptors (Lipinski definition) is 8. The zero-order chi connectivity index (χ0) is 93.5. The molecule has 1 aliphatic heterocycles. The van der Waals surface area contributed by atoms with E-state index in [9.17, 15) is 0 Å². The summed E-state index contributed by atoms with van der Waals surface area (Å²) in [4.78, 5) is 70.3. The lowest BCUT2D eigenvalue weighted by Gasteiger charge is -2.58. The van der Waals surface area contributed by atoms with Gasteiger partial charge < -0.3 is 38.5 Å². The van der Waals surface area contributed by atoms with Crippen molar-refractivity contribution in [3.63, 3.8) is 0 Å². The summed E-state index contributed by atoms with van der Waals surface area (Å²) >= 11 is 0. The monoisotopic (exact) mass is 1820 g/mol. The van der Waals surface area contributed by atoms with E-state index in [1.54, 1.807) is 0 Å². The highest BCUT2D eigenvalue weighted by atomic mass is 16.6. The fourth-order valence-corrected chi connectivity index (χ4v) is 38.0. The van der Waals surface area contributed by atoms with Gasteiger partial charge in [-0.2, -0.15) is 0 Å². The molecule has 32 atom stereocenters. The fraction of sp³-hybridized carbons (Fsp3) is 0.900. The van der Waals surface area contributed by atoms with Crippen molar-refractivity contribution in [2.75, 3.05) is 52.4 Å². The molecule has 12 heteroatoms. The van der Waals surface area contributed by atoms with Crippen molar-refractivity contribution in [2.45, 2.75) is 445 Å². The van der Waals surface area contributed by atoms with Crippen LogP contribution in [0.15, 0.2) is 46.6 Å². The van der Waals surface area contributed by atoms with Crippen molar-refractivity contribution in [1.82, 2.24) is 19.6 Å². The minimum atomic E-state index is -0.378. The molecular weight excluding hydrogens is 1630 g/mol. The molecule has 132 heavy (non-hydrogen) atoms. The molecule has 744 valence electrons. The van der Waals surface area contributed by atoms with Crippen LogP contribution in [0.5, 0.6) is 0 Å². The lowest BCUT2D eigenvalue weighted by Crippen LogP contribution is -2.53. The quantitative estimate of drug-likeness (QED) is 0.0693. The van der Waals surface area contributed by atoms with Crippen LogP contribution in [0.1, 0.15) is 421 Å². The van der Waals surface area contributed by atoms with Gasteiger partial charge in [-0.3, -0.25) is 0 Å². The van der Waals surface area contributed by atoms with Crippen LogP contribution in [0.3, 0.4) is 0 Å². The second kappa shape index (κ2) is 40.2. The molecule has 1 heterocycles. The van der Waals surface area contributed by atoms with Crippen LogP contribution in [-0.4, -0.2) is 121 Å². The van der Waals surface area contributed by atoms with Crippen LogP contribution in [0.4, 0.5) is 19.2 Å². The maximum Gasteiger partial charge on any atom is 0.410 e. The zero-order valence-electron chi connectivity index (χ0n) is 88.3. The highest BCUT2D eigenvalue weighted by Gasteiger charge is 2.65. The zero-order valence-corrected chi connectivity index (χ0v) is 88.3. The summed E-state index contributed by atoms with van der Waals surface area (Å²) in [5.74, 6) is 18.0. The number of amides is 4. The average Bonchev–Trinajstić information content (AvgIpc) is 1.56. The Balaban J connectivity index is 0.615. The molecule has 4 amide bonds. The van der Waals surface area contributed by atoms with Gasteiger partial charge in [-0.1, -0.05) is 262 Å². The Hall–Kier alpha value is -3.96. The van der Waals surface area contributed by atoms with E-state index in [4.69, 9.17) is 18.9 Å². The van der Waals surface area contributed by atoms with Gasteiger partial charge in [0.2, 0.25) is 0 Å². The van der Waals surface area contributed by atoms with E-state index < -0.39 is 0 Å². The third-order valence-corrected chi connectivity index (χ3v) is 45.7. The minimum Gasteiger partial charge on any atom is -0.446 e. The topological polar surface area (TPSA) is 118 Å². The van der Waals surface area contributed by atoms with Crippen molar-refractivity contribution in [2.24, 2.45) is 185 Å². The lowest BCUT2D eigenvalue weighted by molar-refractivity contribution is -0.0607. The Labute approximate surface area is 806 Å². The molecule has 0 aromatic rings. The lowest BCUT2D eigenvalue weighted by atomic mass is 9.47. The molecule has 0 unspecified atom stereocenters. The standard InChI is InChI=1S/C120H196N4O8/c1-77(2)25-21-29-81(9)97-41-45-101-93-37-33-85-73-89(49-57-113(85,13)105(93)53-61-117(97,101)17)129-109(125)121-65-67-122(110(126)130-90-50-58-114(14)86(74-90)34-38-94-102-46-42-98(82(10)30-22-26-78(3)4)118(102,18)62-54-106(94)114)69-71-124(112(128)132-92-52-60-116(16)88(76-92)36-40-96-104-48-44-100(84(12)32-24-28-80(7)8)120(104,20)64-56-108(96)116)72-70-123(68-66-121)111(127)131-91-51-59-115(15)87(75-91)35-39-95-103-47-43-99(83(11)31-23-27-79(5)6)119(103,19)63-55-107(95)115/h33-36,77-84,89-108H,21-32,37-76H2,1-20H3/t81-,82-,83-,84-,89+,90+,91+,92+,93+,94+,95+,96+,97-,98-,99-,100-,101+,102+,103+,104+,105+,106+,107+,108+,113+,114+,115+,116+,117-,118-,119-,120-/m1/s1. The van der Waals surface area contributed by atoms with Gasteiger partial charge in [-0.05, 0) is 365 Å². The van der Waals surface area contributed by atoms with E-state index >= 15 is 19.2 Å². The number of hydrogen-bond donors (Lipinski definition) is 0. The van der Waals surface area contributed by atoms with Gasteiger partial charge >= 0.3 is 24.4 Å². The number of allylic oxidation sites excluding steroid dienone is 4. The smallest absolute Gasteiger partial charge is 0.410 e. The maximum atomic E-state index is 15.7. The Morgan fingerprint density at radius 3 is 0.652 bits per heavy atom. The van der Waals surface area contributed by atoms with Crippen LogP contribution in [0.25, 0.3) is 0 Å². The van der Waals surface area contributed by atoms with Crippen molar-refractivity contribution in [3.8, 4) is 0 Å². The van der Waals surface area contributed by atoms with Crippen molar-refractivity contribution < 1.29 is 38.1 Å². The molecule has 17 aliphatic rings. The number of carbonyl (C=O) groups excluding carboxylic acids is 4. The molecule has 12 saturated carbocycles. The predicted molar refractivity (Wildman–Crippen MR) is 540 cm³/mol. The molecule has 12 nitrogen and oxygen atoms in total. The van der Waals surface area contributed by atoms with Gasteiger partial charge in [-0.25, -0.2) is 19.2 Å². The number of nitrogens with zero attached hydrogens (tertiary/aromatic N) is 4. The van der Waals surface area contributed by atoms with Crippen LogP contribution in [0, 0.1) is 185 Å². The molecular formula is C120H196N4O8. The second-order valence-electron chi connectivity index (χ2n) is 54.1. The summed E-state index contributed by atoms with van der Waals surface area (Å²) in [7, 11) is 0. The first kappa shape index (κ1) is 99.6. The van der Waals surface area contributed by atoms with Gasteiger partial charge in [-0.15, -0.1) is 0 Å². The Kier molecular flexibility index (Phi) is 30.3. The molecule has 17 rings (SSSR count). The molecule has 13 fully saturated rings. The summed E-state index contributed by atoms with van der Waals surface area (Å²) in [6.07, 6.45) is 60.5. The first-order valence-electron chi connectivity index (χ1n) is 57.5. The highest BCUT2D eigenvalue weighted by molar-refractivity contribution is 5.72. The molecule has 0 spiro atoms. The maximum absolute atomic E-state index is 15.7. The largest absolute Gasteiger partial charge is 0.446 e. The predicted octanol–water partition coefficient (Wildman–Crippen LogP) is 31.4. The van der Waals surface area contributed by atoms with Gasteiger partial charge in [0.05, 0.1) is 0 Å². The summed E-state index contributed by atoms with van der Waals surface area (Å²) in [6, 6.07) is 0. The average molecular weight is 1820 g/mol. The summed E-state index contributed by atoms with van der Waals surface area (Å²) in [5, 5.41) is 0. The van der Waals surface area contributed by atoms with Crippen molar-refractivity contribution in [1.29, 1.82) is 0 Å². The third kappa shape index (κ3) is 19.2. The van der Waals surface area contributed by atoms with Gasteiger partial charge in [0.25, 0.3) is 0 Å². The van der Waals surface area contributed by atoms with Crippen LogP contribution in [0.2, 0.25) is 0 Å². The van der Waals surface area contributed by atoms with Crippen LogP contribution < -0.4 is 0 Å². The van der Waals surface area contributed by atoms with Crippen molar-refractivity contribution >= 4 is 24.4 Å². The Morgan fingerprint density at radius 2 is 0.462 bits per heavy atom. The van der Waals surface area contributed by atoms with Crippen LogP contribution >= 0.6 is 0 Å². The van der Waals surface area contributed by atoms with E-state index in [0.717, 1.165) is 197 Å². The van der Waals surface area contributed by atoms with E-state index in [2.05, 4.69) is 163 Å². The Morgan fingerprint density at radius 1 is 0.265 bits per heavy atom. The number of rotatable bonds is 24. The molecule has 0 radical (unpaired) electrons. The molecule has 1 saturated heterocycles. The second-order valence-corrected chi connectivity index (χ2v) is 54.1. The normalized spacial score (nSPS) is 42.8. The molecule has 0 N–H and O–H groups in total. The highest BCUT2D eigenvalue weighted by Crippen LogP contribution is 2.73.